The second-order valence-electron chi connectivity index (χ2n) is 8.14. The van der Waals surface area contributed by atoms with Gasteiger partial charge in [0, 0.05) is 49.6 Å². The Labute approximate surface area is 205 Å². The number of carboxylic acid groups (broad SMARTS) is 2. The Hall–Kier alpha value is -3.94. The number of benzene rings is 3. The predicted octanol–water partition coefficient (Wildman–Crippen LogP) is 3.95. The molecule has 0 bridgehead atoms. The second kappa shape index (κ2) is 13.1. The molecule has 1 heterocycles. The number of piperazine rings is 1. The number of nitrogens with zero attached hydrogens (tertiary/aromatic N) is 2. The fourth-order valence-corrected chi connectivity index (χ4v) is 4.14. The van der Waals surface area contributed by atoms with Gasteiger partial charge < -0.3 is 20.2 Å². The first-order valence-corrected chi connectivity index (χ1v) is 11.4. The minimum absolute atomic E-state index is 0.0713. The maximum atomic E-state index is 9.82. The molecule has 1 aliphatic rings. The lowest BCUT2D eigenvalue weighted by atomic mass is 9.99. The average Bonchev–Trinajstić information content (AvgIpc) is 2.89. The van der Waals surface area contributed by atoms with Gasteiger partial charge in [0.15, 0.2) is 0 Å². The summed E-state index contributed by atoms with van der Waals surface area (Å²) in [5, 5.41) is 25.4. The van der Waals surface area contributed by atoms with E-state index in [1.165, 1.54) is 11.1 Å². The summed E-state index contributed by atoms with van der Waals surface area (Å²) in [4.78, 5) is 24.1. The minimum atomic E-state index is -1.26. The zero-order valence-corrected chi connectivity index (χ0v) is 19.4. The summed E-state index contributed by atoms with van der Waals surface area (Å²) >= 11 is 0. The molecule has 1 unspecified atom stereocenters. The highest BCUT2D eigenvalue weighted by atomic mass is 16.4. The first-order valence-electron chi connectivity index (χ1n) is 11.4. The van der Waals surface area contributed by atoms with Gasteiger partial charge in [-0.2, -0.15) is 0 Å². The molecule has 35 heavy (non-hydrogen) atoms. The third kappa shape index (κ3) is 7.81. The topological polar surface area (TPSA) is 101 Å². The number of para-hydroxylation sites is 1. The Bertz CT molecular complexity index is 1100. The Morgan fingerprint density at radius 1 is 0.800 bits per heavy atom. The van der Waals surface area contributed by atoms with Gasteiger partial charge in [0.25, 0.3) is 0 Å². The van der Waals surface area contributed by atoms with Crippen LogP contribution in [0.4, 0.5) is 5.69 Å². The van der Waals surface area contributed by atoms with Gasteiger partial charge >= 0.3 is 11.9 Å². The molecular weight excluding hydrogens is 444 g/mol. The Morgan fingerprint density at radius 3 is 1.97 bits per heavy atom. The lowest BCUT2D eigenvalue weighted by Gasteiger charge is -2.44. The van der Waals surface area contributed by atoms with Crippen LogP contribution in [0.25, 0.3) is 0 Å². The number of aliphatic carboxylic acids is 2. The number of hydrogen-bond donors (Lipinski definition) is 3. The summed E-state index contributed by atoms with van der Waals surface area (Å²) in [6, 6.07) is 29.9. The zero-order valence-electron chi connectivity index (χ0n) is 19.4. The monoisotopic (exact) mass is 474 g/mol. The SMILES string of the molecule is O=C(O)C=CC(=O)O.OCc1ccccc1N1CCN(Cc2ccccc2)CC1c1ccccc1. The quantitative estimate of drug-likeness (QED) is 0.446. The highest BCUT2D eigenvalue weighted by molar-refractivity contribution is 5.89. The van der Waals surface area contributed by atoms with E-state index in [9.17, 15) is 14.7 Å². The first-order chi connectivity index (χ1) is 17.0. The van der Waals surface area contributed by atoms with Gasteiger partial charge in [0.2, 0.25) is 0 Å². The van der Waals surface area contributed by atoms with E-state index in [4.69, 9.17) is 10.2 Å². The molecule has 0 saturated carbocycles. The van der Waals surface area contributed by atoms with E-state index >= 15 is 0 Å². The van der Waals surface area contributed by atoms with Gasteiger partial charge in [-0.1, -0.05) is 78.9 Å². The third-order valence-electron chi connectivity index (χ3n) is 5.74. The summed E-state index contributed by atoms with van der Waals surface area (Å²) in [6.07, 6.45) is 1.12. The molecule has 7 nitrogen and oxygen atoms in total. The van der Waals surface area contributed by atoms with E-state index < -0.39 is 11.9 Å². The first kappa shape index (κ1) is 25.7. The number of aliphatic hydroxyl groups is 1. The van der Waals surface area contributed by atoms with Crippen LogP contribution in [0.3, 0.4) is 0 Å². The van der Waals surface area contributed by atoms with E-state index in [2.05, 4.69) is 82.6 Å². The molecule has 0 aromatic heterocycles. The lowest BCUT2D eigenvalue weighted by molar-refractivity contribution is -0.134. The molecule has 0 spiro atoms. The number of anilines is 1. The van der Waals surface area contributed by atoms with Crippen molar-refractivity contribution in [3.8, 4) is 0 Å². The van der Waals surface area contributed by atoms with Crippen LogP contribution in [-0.2, 0) is 22.7 Å². The van der Waals surface area contributed by atoms with Crippen molar-refractivity contribution < 1.29 is 24.9 Å². The largest absolute Gasteiger partial charge is 0.478 e. The van der Waals surface area contributed by atoms with E-state index in [0.717, 1.165) is 37.4 Å². The standard InChI is InChI=1S/C24H26N2O.C4H4O4/c27-19-22-13-7-8-14-23(22)26-16-15-25(17-20-9-3-1-4-10-20)18-24(26)21-11-5-2-6-12-21;5-3(6)1-2-4(7)8/h1-14,24,27H,15-19H2;1-2H,(H,5,6)(H,7,8). The molecule has 0 radical (unpaired) electrons. The summed E-state index contributed by atoms with van der Waals surface area (Å²) in [5.41, 5.74) is 4.82. The maximum absolute atomic E-state index is 9.82. The van der Waals surface area contributed by atoms with Crippen LogP contribution in [0, 0.1) is 0 Å². The zero-order chi connectivity index (χ0) is 25.0. The van der Waals surface area contributed by atoms with Gasteiger partial charge in [-0.05, 0) is 17.2 Å². The van der Waals surface area contributed by atoms with Crippen molar-refractivity contribution in [3.05, 3.63) is 114 Å². The van der Waals surface area contributed by atoms with Crippen LogP contribution < -0.4 is 4.90 Å². The second-order valence-corrected chi connectivity index (χ2v) is 8.14. The van der Waals surface area contributed by atoms with Crippen LogP contribution in [0.5, 0.6) is 0 Å². The highest BCUT2D eigenvalue weighted by Crippen LogP contribution is 2.33. The highest BCUT2D eigenvalue weighted by Gasteiger charge is 2.29. The van der Waals surface area contributed by atoms with Gasteiger partial charge in [-0.15, -0.1) is 0 Å². The lowest BCUT2D eigenvalue weighted by Crippen LogP contribution is -2.48. The normalized spacial score (nSPS) is 15.9. The molecular formula is C28H30N2O5. The van der Waals surface area contributed by atoms with Gasteiger partial charge in [-0.25, -0.2) is 9.59 Å². The van der Waals surface area contributed by atoms with Crippen LogP contribution in [0.2, 0.25) is 0 Å². The molecule has 4 rings (SSSR count). The summed E-state index contributed by atoms with van der Waals surface area (Å²) in [5.74, 6) is -2.51. The van der Waals surface area contributed by atoms with Crippen molar-refractivity contribution in [2.24, 2.45) is 0 Å². The van der Waals surface area contributed by atoms with Crippen LogP contribution in [-0.4, -0.2) is 51.8 Å². The van der Waals surface area contributed by atoms with Crippen molar-refractivity contribution in [3.63, 3.8) is 0 Å². The van der Waals surface area contributed by atoms with Crippen molar-refractivity contribution in [1.29, 1.82) is 0 Å². The number of hydrogen-bond acceptors (Lipinski definition) is 5. The Balaban J connectivity index is 0.000000371. The average molecular weight is 475 g/mol. The van der Waals surface area contributed by atoms with E-state index in [1.807, 2.05) is 12.1 Å². The number of rotatable bonds is 7. The molecule has 7 heteroatoms. The predicted molar refractivity (Wildman–Crippen MR) is 135 cm³/mol. The molecule has 3 N–H and O–H groups in total. The van der Waals surface area contributed by atoms with Gasteiger partial charge in [0.05, 0.1) is 12.6 Å². The van der Waals surface area contributed by atoms with Crippen molar-refractivity contribution in [2.75, 3.05) is 24.5 Å². The molecule has 1 aliphatic heterocycles. The number of carbonyl (C=O) groups is 2. The van der Waals surface area contributed by atoms with E-state index in [1.54, 1.807) is 0 Å². The smallest absolute Gasteiger partial charge is 0.328 e. The maximum Gasteiger partial charge on any atom is 0.328 e. The fourth-order valence-electron chi connectivity index (χ4n) is 4.14. The number of aliphatic hydroxyl groups excluding tert-OH is 1. The molecule has 0 aliphatic carbocycles. The molecule has 1 saturated heterocycles. The molecule has 3 aromatic rings. The van der Waals surface area contributed by atoms with Crippen molar-refractivity contribution in [2.45, 2.75) is 19.2 Å². The molecule has 1 fully saturated rings. The third-order valence-corrected chi connectivity index (χ3v) is 5.74. The molecule has 1 atom stereocenters. The van der Waals surface area contributed by atoms with Gasteiger partial charge in [-0.3, -0.25) is 4.90 Å². The summed E-state index contributed by atoms with van der Waals surface area (Å²) in [7, 11) is 0. The van der Waals surface area contributed by atoms with Crippen molar-refractivity contribution >= 4 is 17.6 Å². The van der Waals surface area contributed by atoms with Gasteiger partial charge in [0.1, 0.15) is 0 Å². The fraction of sp³-hybridized carbons (Fsp3) is 0.214. The number of carboxylic acids is 2. The van der Waals surface area contributed by atoms with Crippen LogP contribution in [0.15, 0.2) is 97.1 Å². The van der Waals surface area contributed by atoms with E-state index in [0.29, 0.717) is 12.2 Å². The molecule has 0 amide bonds. The summed E-state index contributed by atoms with van der Waals surface area (Å²) in [6.45, 7) is 3.97. The Kier molecular flexibility index (Phi) is 9.59. The van der Waals surface area contributed by atoms with Crippen LogP contribution >= 0.6 is 0 Å². The minimum Gasteiger partial charge on any atom is -0.478 e. The van der Waals surface area contributed by atoms with E-state index in [-0.39, 0.29) is 12.6 Å². The Morgan fingerprint density at radius 2 is 1.37 bits per heavy atom. The van der Waals surface area contributed by atoms with Crippen LogP contribution in [0.1, 0.15) is 22.7 Å². The molecule has 182 valence electrons. The van der Waals surface area contributed by atoms with Crippen molar-refractivity contribution in [1.82, 2.24) is 4.90 Å². The molecule has 3 aromatic carbocycles. The summed E-state index contributed by atoms with van der Waals surface area (Å²) < 4.78 is 0.